The van der Waals surface area contributed by atoms with Crippen molar-refractivity contribution in [3.05, 3.63) is 89.6 Å². The number of rotatable bonds is 4. The molecule has 4 aromatic rings. The predicted molar refractivity (Wildman–Crippen MR) is 155 cm³/mol. The molecule has 4 rings (SSSR count). The van der Waals surface area contributed by atoms with Gasteiger partial charge >= 0.3 is 91.0 Å². The van der Waals surface area contributed by atoms with Gasteiger partial charge < -0.3 is 83.4 Å². The average Bonchev–Trinajstić information content (AvgIpc) is 3.56. The molecular formula is C20H28O16S4Sr2. The van der Waals surface area contributed by atoms with Crippen LogP contribution in [0.5, 0.6) is 0 Å². The zero-order valence-electron chi connectivity index (χ0n) is 21.2. The smallest absolute Gasteiger partial charge is 0.544 e. The molecule has 16 nitrogen and oxygen atoms in total. The number of thiophene rings is 4. The number of carboxylic acids is 4. The van der Waals surface area contributed by atoms with E-state index in [4.69, 9.17) is 0 Å². The first-order valence-corrected chi connectivity index (χ1v) is 11.7. The number of aromatic carboxylic acids is 4. The molecule has 22 heteroatoms. The molecule has 0 amide bonds. The van der Waals surface area contributed by atoms with Crippen molar-refractivity contribution in [3.8, 4) is 0 Å². The van der Waals surface area contributed by atoms with Gasteiger partial charge in [-0.1, -0.05) is 24.3 Å². The Hall–Kier alpha value is -0.679. The second kappa shape index (κ2) is 40.3. The first-order chi connectivity index (χ1) is 15.2. The molecule has 4 heterocycles. The van der Waals surface area contributed by atoms with Gasteiger partial charge in [-0.15, -0.1) is 45.3 Å². The molecule has 0 aliphatic heterocycles. The van der Waals surface area contributed by atoms with Gasteiger partial charge in [-0.05, 0) is 45.8 Å². The zero-order chi connectivity index (χ0) is 23.9. The standard InChI is InChI=1S/4C5H4O2S.8H2O.2Sr/c4*6-5(7)4-2-1-3-8-4;;;;;;;;;;/h4*1-3H,(H,6,7);8*1H2;;/q;;;;;;;;;;;;2*+2/p-4. The van der Waals surface area contributed by atoms with E-state index in [0.717, 1.165) is 0 Å². The molecular weight excluding hydrogens is 800 g/mol. The zero-order valence-corrected chi connectivity index (χ0v) is 31.5. The second-order valence-electron chi connectivity index (χ2n) is 5.06. The molecule has 0 aliphatic rings. The van der Waals surface area contributed by atoms with Gasteiger partial charge in [-0.25, -0.2) is 0 Å². The minimum atomic E-state index is -1.10. The molecule has 232 valence electrons. The molecule has 0 unspecified atom stereocenters. The van der Waals surface area contributed by atoms with E-state index < -0.39 is 23.9 Å². The molecule has 0 bridgehead atoms. The Morgan fingerprint density at radius 2 is 0.524 bits per heavy atom. The summed E-state index contributed by atoms with van der Waals surface area (Å²) in [5.41, 5.74) is 0. The number of hydrogen-bond acceptors (Lipinski definition) is 12. The summed E-state index contributed by atoms with van der Waals surface area (Å²) in [5.74, 6) is -4.39. The number of carbonyl (C=O) groups excluding carboxylic acids is 4. The molecule has 0 saturated heterocycles. The third-order valence-corrected chi connectivity index (χ3v) is 6.29. The molecule has 0 aromatic carbocycles. The summed E-state index contributed by atoms with van der Waals surface area (Å²) in [6, 6.07) is 12.8. The van der Waals surface area contributed by atoms with Crippen LogP contribution < -0.4 is 20.4 Å². The van der Waals surface area contributed by atoms with Gasteiger partial charge in [-0.2, -0.15) is 0 Å². The van der Waals surface area contributed by atoms with Crippen LogP contribution in [0.1, 0.15) is 38.7 Å². The van der Waals surface area contributed by atoms with E-state index in [0.29, 0.717) is 0 Å². The predicted octanol–water partition coefficient (Wildman–Crippen LogP) is -6.91. The molecule has 4 aromatic heterocycles. The van der Waals surface area contributed by atoms with Crippen LogP contribution in [0.2, 0.25) is 0 Å². The van der Waals surface area contributed by atoms with E-state index >= 15 is 0 Å². The fourth-order valence-electron chi connectivity index (χ4n) is 1.58. The van der Waals surface area contributed by atoms with Crippen molar-refractivity contribution >= 4 is 160 Å². The summed E-state index contributed by atoms with van der Waals surface area (Å²) in [6.45, 7) is 0. The van der Waals surface area contributed by atoms with Crippen molar-refractivity contribution in [2.75, 3.05) is 0 Å². The number of carbonyl (C=O) groups is 4. The fourth-order valence-corrected chi connectivity index (χ4v) is 3.81. The topological polar surface area (TPSA) is 413 Å². The second-order valence-corrected chi connectivity index (χ2v) is 8.85. The van der Waals surface area contributed by atoms with Crippen molar-refractivity contribution in [3.63, 3.8) is 0 Å². The Kier molecular flexibility index (Phi) is 65.7. The molecule has 0 saturated carbocycles. The summed E-state index contributed by atoms with van der Waals surface area (Å²) < 4.78 is 0. The van der Waals surface area contributed by atoms with Crippen LogP contribution in [0.4, 0.5) is 0 Å². The summed E-state index contributed by atoms with van der Waals surface area (Å²) in [6.07, 6.45) is 0. The SMILES string of the molecule is O.O.O.O.O.O.O.O.O=C([O-])c1cccs1.O=C([O-])c1cccs1.O=C([O-])c1cccs1.O=C([O-])c1cccs1.[Sr+2].[Sr+2]. The van der Waals surface area contributed by atoms with E-state index in [9.17, 15) is 39.6 Å². The van der Waals surface area contributed by atoms with Gasteiger partial charge in [-0.3, -0.25) is 0 Å². The van der Waals surface area contributed by atoms with Crippen LogP contribution in [-0.2, 0) is 0 Å². The van der Waals surface area contributed by atoms with Gasteiger partial charge in [0.25, 0.3) is 0 Å². The summed E-state index contributed by atoms with van der Waals surface area (Å²) in [7, 11) is 0. The van der Waals surface area contributed by atoms with E-state index in [2.05, 4.69) is 0 Å². The van der Waals surface area contributed by atoms with E-state index in [1.54, 1.807) is 45.8 Å². The Bertz CT molecular complexity index is 915. The van der Waals surface area contributed by atoms with E-state index in [1.165, 1.54) is 69.6 Å². The van der Waals surface area contributed by atoms with Crippen LogP contribution in [-0.4, -0.2) is 159 Å². The van der Waals surface area contributed by atoms with Gasteiger partial charge in [0.1, 0.15) is 0 Å². The monoisotopic (exact) mass is 828 g/mol. The van der Waals surface area contributed by atoms with Crippen LogP contribution in [0.15, 0.2) is 70.1 Å². The van der Waals surface area contributed by atoms with Crippen molar-refractivity contribution in [2.24, 2.45) is 0 Å². The minimum absolute atomic E-state index is 0. The summed E-state index contributed by atoms with van der Waals surface area (Å²) in [5, 5.41) is 46.6. The Morgan fingerprint density at radius 1 is 0.381 bits per heavy atom. The third kappa shape index (κ3) is 30.8. The Labute approximate surface area is 328 Å². The van der Waals surface area contributed by atoms with Crippen molar-refractivity contribution < 1.29 is 83.4 Å². The molecule has 16 N–H and O–H groups in total. The quantitative estimate of drug-likeness (QED) is 0.178. The average molecular weight is 828 g/mol. The van der Waals surface area contributed by atoms with Crippen molar-refractivity contribution in [2.45, 2.75) is 0 Å². The maximum Gasteiger partial charge on any atom is 2.00 e. The maximum absolute atomic E-state index is 9.96. The number of hydrogen-bond donors (Lipinski definition) is 0. The normalized spacial score (nSPS) is 6.86. The first kappa shape index (κ1) is 68.5. The van der Waals surface area contributed by atoms with Crippen LogP contribution in [0.25, 0.3) is 0 Å². The molecule has 0 radical (unpaired) electrons. The molecule has 42 heavy (non-hydrogen) atoms. The maximum atomic E-state index is 9.96. The fraction of sp³-hybridized carbons (Fsp3) is 0. The number of carboxylic acid groups (broad SMARTS) is 4. The van der Waals surface area contributed by atoms with E-state index in [-0.39, 0.29) is 154 Å². The van der Waals surface area contributed by atoms with Crippen molar-refractivity contribution in [1.29, 1.82) is 0 Å². The molecule has 0 spiro atoms. The Balaban J connectivity index is -0.0000000376. The third-order valence-electron chi connectivity index (χ3n) is 2.89. The largest absolute Gasteiger partial charge is 2.00 e. The molecule has 0 atom stereocenters. The summed E-state index contributed by atoms with van der Waals surface area (Å²) in [4.78, 5) is 41.0. The van der Waals surface area contributed by atoms with Gasteiger partial charge in [0.15, 0.2) is 0 Å². The van der Waals surface area contributed by atoms with Crippen LogP contribution >= 0.6 is 45.3 Å². The van der Waals surface area contributed by atoms with Crippen molar-refractivity contribution in [1.82, 2.24) is 0 Å². The first-order valence-electron chi connectivity index (χ1n) is 8.21. The molecule has 0 aliphatic carbocycles. The minimum Gasteiger partial charge on any atom is -0.544 e. The molecule has 0 fully saturated rings. The summed E-state index contributed by atoms with van der Waals surface area (Å²) >= 11 is 4.68. The van der Waals surface area contributed by atoms with E-state index in [1.807, 2.05) is 0 Å². The van der Waals surface area contributed by atoms with Gasteiger partial charge in [0.2, 0.25) is 0 Å². The Morgan fingerprint density at radius 3 is 0.571 bits per heavy atom. The van der Waals surface area contributed by atoms with Crippen LogP contribution in [0.3, 0.4) is 0 Å². The van der Waals surface area contributed by atoms with Gasteiger partial charge in [0, 0.05) is 19.5 Å². The van der Waals surface area contributed by atoms with Gasteiger partial charge in [0.05, 0.1) is 23.9 Å². The van der Waals surface area contributed by atoms with Crippen LogP contribution in [0, 0.1) is 0 Å².